The zero-order valence-electron chi connectivity index (χ0n) is 13.0. The van der Waals surface area contributed by atoms with Crippen LogP contribution in [0, 0.1) is 5.92 Å². The summed E-state index contributed by atoms with van der Waals surface area (Å²) in [7, 11) is 0. The fourth-order valence-corrected chi connectivity index (χ4v) is 2.67. The zero-order chi connectivity index (χ0) is 15.1. The van der Waals surface area contributed by atoms with Crippen molar-refractivity contribution in [3.63, 3.8) is 0 Å². The summed E-state index contributed by atoms with van der Waals surface area (Å²) in [6.45, 7) is 7.72. The molecule has 0 saturated carbocycles. The number of likely N-dealkylation sites (tertiary alicyclic amines) is 1. The number of carbonyl (C=O) groups is 1. The van der Waals surface area contributed by atoms with E-state index in [0.717, 1.165) is 51.1 Å². The third kappa shape index (κ3) is 4.49. The topological polar surface area (TPSA) is 73.1 Å². The van der Waals surface area contributed by atoms with Crippen LogP contribution in [0.1, 0.15) is 45.4 Å². The Kier molecular flexibility index (Phi) is 6.10. The molecule has 1 atom stereocenters. The fourth-order valence-electron chi connectivity index (χ4n) is 2.67. The van der Waals surface area contributed by atoms with Crippen LogP contribution < -0.4 is 0 Å². The standard InChI is InChI=1S/C14H25N5O2/c1-3-5-9-19-13(15-16-17-19)11-18-8-6-7-12(10-18)14(20)21-4-2/h12H,3-11H2,1-2H3. The molecule has 1 unspecified atom stereocenters. The molecule has 0 spiro atoms. The first-order chi connectivity index (χ1) is 10.2. The van der Waals surface area contributed by atoms with E-state index in [9.17, 15) is 4.79 Å². The van der Waals surface area contributed by atoms with Gasteiger partial charge in [0.2, 0.25) is 0 Å². The van der Waals surface area contributed by atoms with E-state index in [1.54, 1.807) is 0 Å². The Labute approximate surface area is 125 Å². The molecule has 1 fully saturated rings. The van der Waals surface area contributed by atoms with Gasteiger partial charge in [-0.15, -0.1) is 5.10 Å². The number of hydrogen-bond acceptors (Lipinski definition) is 6. The number of piperidine rings is 1. The maximum Gasteiger partial charge on any atom is 0.310 e. The number of carbonyl (C=O) groups excluding carboxylic acids is 1. The van der Waals surface area contributed by atoms with Crippen LogP contribution in [0.5, 0.6) is 0 Å². The number of nitrogens with zero attached hydrogens (tertiary/aromatic N) is 5. The van der Waals surface area contributed by atoms with Crippen LogP contribution in [0.25, 0.3) is 0 Å². The van der Waals surface area contributed by atoms with Crippen molar-refractivity contribution in [2.45, 2.75) is 52.6 Å². The molecule has 0 N–H and O–H groups in total. The third-order valence-corrected chi connectivity index (χ3v) is 3.82. The third-order valence-electron chi connectivity index (χ3n) is 3.82. The summed E-state index contributed by atoms with van der Waals surface area (Å²) in [5.74, 6) is 0.791. The first-order valence-electron chi connectivity index (χ1n) is 7.88. The predicted octanol–water partition coefficient (Wildman–Crippen LogP) is 1.25. The number of hydrogen-bond donors (Lipinski definition) is 0. The van der Waals surface area contributed by atoms with Crippen molar-refractivity contribution in [3.05, 3.63) is 5.82 Å². The summed E-state index contributed by atoms with van der Waals surface area (Å²) in [5, 5.41) is 11.9. The molecule has 1 saturated heterocycles. The van der Waals surface area contributed by atoms with E-state index in [1.165, 1.54) is 0 Å². The molecule has 0 aromatic carbocycles. The normalized spacial score (nSPS) is 19.6. The molecule has 2 rings (SSSR count). The maximum atomic E-state index is 11.9. The summed E-state index contributed by atoms with van der Waals surface area (Å²) in [5.41, 5.74) is 0. The van der Waals surface area contributed by atoms with E-state index in [2.05, 4.69) is 27.3 Å². The van der Waals surface area contributed by atoms with E-state index in [0.29, 0.717) is 13.2 Å². The van der Waals surface area contributed by atoms with Gasteiger partial charge in [0.1, 0.15) is 0 Å². The second kappa shape index (κ2) is 8.07. The smallest absolute Gasteiger partial charge is 0.310 e. The second-order valence-corrected chi connectivity index (χ2v) is 5.50. The van der Waals surface area contributed by atoms with Crippen LogP contribution >= 0.6 is 0 Å². The molecule has 2 heterocycles. The molecular weight excluding hydrogens is 270 g/mol. The lowest BCUT2D eigenvalue weighted by atomic mass is 9.98. The van der Waals surface area contributed by atoms with Crippen LogP contribution in [0.15, 0.2) is 0 Å². The van der Waals surface area contributed by atoms with Gasteiger partial charge >= 0.3 is 5.97 Å². The summed E-state index contributed by atoms with van der Waals surface area (Å²) >= 11 is 0. The van der Waals surface area contributed by atoms with Crippen molar-refractivity contribution in [1.82, 2.24) is 25.1 Å². The minimum atomic E-state index is -0.0761. The number of aromatic nitrogens is 4. The van der Waals surface area contributed by atoms with Gasteiger partial charge in [-0.2, -0.15) is 0 Å². The summed E-state index contributed by atoms with van der Waals surface area (Å²) in [4.78, 5) is 14.1. The summed E-state index contributed by atoms with van der Waals surface area (Å²) in [6, 6.07) is 0. The Morgan fingerprint density at radius 1 is 1.43 bits per heavy atom. The minimum Gasteiger partial charge on any atom is -0.466 e. The number of ether oxygens (including phenoxy) is 1. The van der Waals surface area contributed by atoms with Crippen LogP contribution in [-0.4, -0.2) is 50.8 Å². The Morgan fingerprint density at radius 3 is 3.05 bits per heavy atom. The summed E-state index contributed by atoms with van der Waals surface area (Å²) < 4.78 is 7.00. The Morgan fingerprint density at radius 2 is 2.29 bits per heavy atom. The van der Waals surface area contributed by atoms with Gasteiger partial charge in [0.05, 0.1) is 19.1 Å². The van der Waals surface area contributed by atoms with E-state index in [4.69, 9.17) is 4.74 Å². The van der Waals surface area contributed by atoms with Gasteiger partial charge in [0, 0.05) is 13.1 Å². The molecule has 7 heteroatoms. The highest BCUT2D eigenvalue weighted by atomic mass is 16.5. The highest BCUT2D eigenvalue weighted by Gasteiger charge is 2.27. The molecule has 1 aliphatic heterocycles. The number of unbranched alkanes of at least 4 members (excludes halogenated alkanes) is 1. The van der Waals surface area contributed by atoms with Crippen LogP contribution in [0.4, 0.5) is 0 Å². The first kappa shape index (κ1) is 15.9. The van der Waals surface area contributed by atoms with E-state index >= 15 is 0 Å². The van der Waals surface area contributed by atoms with Crippen LogP contribution in [0.3, 0.4) is 0 Å². The van der Waals surface area contributed by atoms with Crippen molar-refractivity contribution in [2.24, 2.45) is 5.92 Å². The van der Waals surface area contributed by atoms with Crippen molar-refractivity contribution < 1.29 is 9.53 Å². The molecule has 0 amide bonds. The van der Waals surface area contributed by atoms with Gasteiger partial charge in [0.25, 0.3) is 0 Å². The molecule has 118 valence electrons. The summed E-state index contributed by atoms with van der Waals surface area (Å²) in [6.07, 6.45) is 4.12. The highest BCUT2D eigenvalue weighted by molar-refractivity contribution is 5.72. The Balaban J connectivity index is 1.90. The molecular formula is C14H25N5O2. The Bertz CT molecular complexity index is 448. The van der Waals surface area contributed by atoms with Crippen LogP contribution in [-0.2, 0) is 22.6 Å². The van der Waals surface area contributed by atoms with E-state index in [-0.39, 0.29) is 11.9 Å². The average molecular weight is 295 g/mol. The lowest BCUT2D eigenvalue weighted by Gasteiger charge is -2.30. The van der Waals surface area contributed by atoms with Crippen LogP contribution in [0.2, 0.25) is 0 Å². The molecule has 1 aliphatic rings. The molecule has 1 aromatic rings. The van der Waals surface area contributed by atoms with Gasteiger partial charge in [-0.25, -0.2) is 4.68 Å². The maximum absolute atomic E-state index is 11.9. The average Bonchev–Trinajstić information content (AvgIpc) is 2.93. The monoisotopic (exact) mass is 295 g/mol. The predicted molar refractivity (Wildman–Crippen MR) is 77.4 cm³/mol. The van der Waals surface area contributed by atoms with E-state index < -0.39 is 0 Å². The van der Waals surface area contributed by atoms with Gasteiger partial charge in [-0.3, -0.25) is 9.69 Å². The van der Waals surface area contributed by atoms with Crippen molar-refractivity contribution in [3.8, 4) is 0 Å². The SMILES string of the molecule is CCCCn1nnnc1CN1CCCC(C(=O)OCC)C1. The van der Waals surface area contributed by atoms with Gasteiger partial charge < -0.3 is 4.74 Å². The number of rotatable bonds is 7. The largest absolute Gasteiger partial charge is 0.466 e. The molecule has 7 nitrogen and oxygen atoms in total. The second-order valence-electron chi connectivity index (χ2n) is 5.50. The molecule has 0 aliphatic carbocycles. The number of aryl methyl sites for hydroxylation is 1. The highest BCUT2D eigenvalue weighted by Crippen LogP contribution is 2.19. The Hall–Kier alpha value is -1.50. The number of esters is 1. The lowest BCUT2D eigenvalue weighted by Crippen LogP contribution is -2.39. The van der Waals surface area contributed by atoms with E-state index in [1.807, 2.05) is 11.6 Å². The van der Waals surface area contributed by atoms with Crippen molar-refractivity contribution >= 4 is 5.97 Å². The number of tetrazole rings is 1. The zero-order valence-corrected chi connectivity index (χ0v) is 13.0. The van der Waals surface area contributed by atoms with Crippen molar-refractivity contribution in [1.29, 1.82) is 0 Å². The minimum absolute atomic E-state index is 0.0151. The van der Waals surface area contributed by atoms with Gasteiger partial charge in [-0.05, 0) is 43.2 Å². The van der Waals surface area contributed by atoms with Gasteiger partial charge in [-0.1, -0.05) is 13.3 Å². The molecule has 1 aromatic heterocycles. The quantitative estimate of drug-likeness (QED) is 0.705. The van der Waals surface area contributed by atoms with Crippen molar-refractivity contribution in [2.75, 3.05) is 19.7 Å². The van der Waals surface area contributed by atoms with Gasteiger partial charge in [0.15, 0.2) is 5.82 Å². The molecule has 0 bridgehead atoms. The molecule has 21 heavy (non-hydrogen) atoms. The lowest BCUT2D eigenvalue weighted by molar-refractivity contribution is -0.150. The molecule has 0 radical (unpaired) electrons. The first-order valence-corrected chi connectivity index (χ1v) is 7.88. The fraction of sp³-hybridized carbons (Fsp3) is 0.857.